The van der Waals surface area contributed by atoms with E-state index in [9.17, 15) is 13.2 Å². The van der Waals surface area contributed by atoms with Crippen LogP contribution in [0.4, 0.5) is 0 Å². The number of hydrogen-bond acceptors (Lipinski definition) is 4. The van der Waals surface area contributed by atoms with Gasteiger partial charge in [-0.05, 0) is 30.5 Å². The van der Waals surface area contributed by atoms with Gasteiger partial charge in [0.05, 0.1) is 4.90 Å². The number of sulfonamides is 1. The number of carbonyl (C=O) groups excluding carboxylic acids is 1. The van der Waals surface area contributed by atoms with E-state index in [-0.39, 0.29) is 16.8 Å². The summed E-state index contributed by atoms with van der Waals surface area (Å²) < 4.78 is 22.5. The van der Waals surface area contributed by atoms with Gasteiger partial charge in [0.15, 0.2) is 5.96 Å². The topological polar surface area (TPSA) is 117 Å². The van der Waals surface area contributed by atoms with Crippen molar-refractivity contribution in [2.75, 3.05) is 26.7 Å². The Morgan fingerprint density at radius 3 is 2.62 bits per heavy atom. The Bertz CT molecular complexity index is 746. The van der Waals surface area contributed by atoms with E-state index < -0.39 is 10.0 Å². The van der Waals surface area contributed by atoms with Crippen LogP contribution >= 0.6 is 0 Å². The summed E-state index contributed by atoms with van der Waals surface area (Å²) in [4.78, 5) is 17.9. The molecule has 0 aromatic heterocycles. The van der Waals surface area contributed by atoms with Gasteiger partial charge in [-0.15, -0.1) is 0 Å². The molecule has 1 atom stereocenters. The molecule has 1 aliphatic rings. The number of nitrogens with zero attached hydrogens (tertiary/aromatic N) is 2. The molecule has 1 unspecified atom stereocenters. The number of aliphatic imine (C=N–C) groups is 1. The lowest BCUT2D eigenvalue weighted by atomic mass is 10.1. The summed E-state index contributed by atoms with van der Waals surface area (Å²) in [5.41, 5.74) is 1.00. The minimum atomic E-state index is -3.66. The predicted molar refractivity (Wildman–Crippen MR) is 101 cm³/mol. The van der Waals surface area contributed by atoms with E-state index >= 15 is 0 Å². The molecule has 144 valence electrons. The maximum Gasteiger partial charge on any atom is 0.238 e. The number of primary sulfonamides is 1. The van der Waals surface area contributed by atoms with Gasteiger partial charge >= 0.3 is 0 Å². The van der Waals surface area contributed by atoms with Crippen LogP contribution in [0.5, 0.6) is 0 Å². The minimum Gasteiger partial charge on any atom is -0.356 e. The molecule has 1 aliphatic heterocycles. The molecular formula is C17H27N5O3S. The lowest BCUT2D eigenvalue weighted by Crippen LogP contribution is -2.45. The summed E-state index contributed by atoms with van der Waals surface area (Å²) in [7, 11) is -1.95. The molecule has 0 aliphatic carbocycles. The number of guanidine groups is 1. The van der Waals surface area contributed by atoms with E-state index in [1.165, 1.54) is 12.1 Å². The molecule has 0 bridgehead atoms. The number of likely N-dealkylation sites (tertiary alicyclic amines) is 1. The maximum atomic E-state index is 11.7. The zero-order valence-corrected chi connectivity index (χ0v) is 16.1. The molecule has 26 heavy (non-hydrogen) atoms. The molecule has 4 N–H and O–H groups in total. The van der Waals surface area contributed by atoms with Gasteiger partial charge < -0.3 is 15.5 Å². The van der Waals surface area contributed by atoms with Crippen molar-refractivity contribution in [2.24, 2.45) is 10.1 Å². The van der Waals surface area contributed by atoms with Crippen molar-refractivity contribution in [3.8, 4) is 0 Å². The van der Waals surface area contributed by atoms with Crippen LogP contribution in [0.25, 0.3) is 0 Å². The van der Waals surface area contributed by atoms with E-state index in [4.69, 9.17) is 5.14 Å². The zero-order chi connectivity index (χ0) is 19.2. The Kier molecular flexibility index (Phi) is 6.98. The largest absolute Gasteiger partial charge is 0.356 e. The predicted octanol–water partition coefficient (Wildman–Crippen LogP) is 0.0524. The van der Waals surface area contributed by atoms with Crippen molar-refractivity contribution in [3.05, 3.63) is 29.8 Å². The molecule has 1 aromatic carbocycles. The first-order chi connectivity index (χ1) is 12.3. The van der Waals surface area contributed by atoms with Gasteiger partial charge in [-0.25, -0.2) is 13.6 Å². The van der Waals surface area contributed by atoms with Crippen LogP contribution in [0, 0.1) is 0 Å². The van der Waals surface area contributed by atoms with E-state index in [0.29, 0.717) is 25.5 Å². The minimum absolute atomic E-state index is 0.110. The number of amides is 1. The Morgan fingerprint density at radius 1 is 1.35 bits per heavy atom. The fraction of sp³-hybridized carbons (Fsp3) is 0.529. The Labute approximate surface area is 154 Å². The monoisotopic (exact) mass is 381 g/mol. The highest BCUT2D eigenvalue weighted by Gasteiger charge is 2.25. The second-order valence-corrected chi connectivity index (χ2v) is 7.82. The van der Waals surface area contributed by atoms with Gasteiger partial charge in [-0.2, -0.15) is 0 Å². The Hall–Kier alpha value is -2.13. The Balaban J connectivity index is 1.78. The number of rotatable bonds is 6. The summed E-state index contributed by atoms with van der Waals surface area (Å²) in [6, 6.07) is 6.72. The van der Waals surface area contributed by atoms with Gasteiger partial charge in [-0.1, -0.05) is 19.1 Å². The summed E-state index contributed by atoms with van der Waals surface area (Å²) in [5.74, 6) is 0.877. The summed E-state index contributed by atoms with van der Waals surface area (Å²) in [6.07, 6.45) is 2.15. The summed E-state index contributed by atoms with van der Waals surface area (Å²) in [6.45, 7) is 4.00. The van der Waals surface area contributed by atoms with E-state index in [0.717, 1.165) is 24.9 Å². The average Bonchev–Trinajstić information content (AvgIpc) is 3.08. The fourth-order valence-corrected chi connectivity index (χ4v) is 3.40. The van der Waals surface area contributed by atoms with E-state index in [1.807, 2.05) is 11.8 Å². The van der Waals surface area contributed by atoms with Gasteiger partial charge in [-0.3, -0.25) is 9.79 Å². The molecule has 1 saturated heterocycles. The number of hydrogen-bond donors (Lipinski definition) is 3. The molecular weight excluding hydrogens is 354 g/mol. The zero-order valence-electron chi connectivity index (χ0n) is 15.2. The van der Waals surface area contributed by atoms with Crippen LogP contribution in [0.2, 0.25) is 0 Å². The van der Waals surface area contributed by atoms with Crippen LogP contribution in [-0.2, 0) is 21.2 Å². The molecule has 0 saturated carbocycles. The highest BCUT2D eigenvalue weighted by molar-refractivity contribution is 7.89. The first kappa shape index (κ1) is 20.2. The van der Waals surface area contributed by atoms with Gasteiger partial charge in [0.25, 0.3) is 0 Å². The van der Waals surface area contributed by atoms with Crippen molar-refractivity contribution in [1.29, 1.82) is 0 Å². The molecule has 1 heterocycles. The molecule has 0 radical (unpaired) electrons. The third kappa shape index (κ3) is 5.70. The average molecular weight is 382 g/mol. The van der Waals surface area contributed by atoms with Crippen LogP contribution in [0.3, 0.4) is 0 Å². The van der Waals surface area contributed by atoms with Crippen molar-refractivity contribution in [3.63, 3.8) is 0 Å². The number of nitrogens with two attached hydrogens (primary N) is 1. The third-order valence-electron chi connectivity index (χ3n) is 4.37. The molecule has 9 heteroatoms. The first-order valence-corrected chi connectivity index (χ1v) is 10.2. The lowest BCUT2D eigenvalue weighted by Gasteiger charge is -2.18. The molecule has 2 rings (SSSR count). The van der Waals surface area contributed by atoms with Crippen molar-refractivity contribution in [2.45, 2.75) is 37.1 Å². The molecule has 8 nitrogen and oxygen atoms in total. The number of carbonyl (C=O) groups is 1. The van der Waals surface area contributed by atoms with Crippen molar-refractivity contribution in [1.82, 2.24) is 15.5 Å². The van der Waals surface area contributed by atoms with Gasteiger partial charge in [0, 0.05) is 39.1 Å². The Morgan fingerprint density at radius 2 is 2.04 bits per heavy atom. The first-order valence-electron chi connectivity index (χ1n) is 8.70. The number of nitrogens with one attached hydrogen (secondary N) is 2. The number of benzene rings is 1. The van der Waals surface area contributed by atoms with E-state index in [2.05, 4.69) is 15.6 Å². The molecule has 0 spiro atoms. The standard InChI is InChI=1S/C17H27N5O3S/c1-3-16(23)22-11-9-14(12-22)21-17(19-2)20-10-8-13-4-6-15(7-5-13)26(18,24)25/h4-7,14H,3,8-12H2,1-2H3,(H2,18,24,25)(H2,19,20,21). The molecule has 1 amide bonds. The fourth-order valence-electron chi connectivity index (χ4n) is 2.89. The smallest absolute Gasteiger partial charge is 0.238 e. The highest BCUT2D eigenvalue weighted by Crippen LogP contribution is 2.11. The van der Waals surface area contributed by atoms with Crippen LogP contribution in [0.15, 0.2) is 34.2 Å². The van der Waals surface area contributed by atoms with Crippen molar-refractivity contribution >= 4 is 21.9 Å². The quantitative estimate of drug-likeness (QED) is 0.476. The van der Waals surface area contributed by atoms with Crippen molar-refractivity contribution < 1.29 is 13.2 Å². The normalized spacial score (nSPS) is 18.0. The summed E-state index contributed by atoms with van der Waals surface area (Å²) >= 11 is 0. The van der Waals surface area contributed by atoms with Crippen LogP contribution < -0.4 is 15.8 Å². The second-order valence-electron chi connectivity index (χ2n) is 6.26. The van der Waals surface area contributed by atoms with Crippen LogP contribution in [-0.4, -0.2) is 57.9 Å². The lowest BCUT2D eigenvalue weighted by molar-refractivity contribution is -0.129. The highest BCUT2D eigenvalue weighted by atomic mass is 32.2. The van der Waals surface area contributed by atoms with E-state index in [1.54, 1.807) is 19.2 Å². The molecule has 1 fully saturated rings. The van der Waals surface area contributed by atoms with Crippen LogP contribution in [0.1, 0.15) is 25.3 Å². The second kappa shape index (κ2) is 9.00. The summed E-state index contributed by atoms with van der Waals surface area (Å²) in [5, 5.41) is 11.7. The molecule has 1 aromatic rings. The van der Waals surface area contributed by atoms with Gasteiger partial charge in [0.1, 0.15) is 0 Å². The van der Waals surface area contributed by atoms with Gasteiger partial charge in [0.2, 0.25) is 15.9 Å². The third-order valence-corrected chi connectivity index (χ3v) is 5.30. The maximum absolute atomic E-state index is 11.7. The SMILES string of the molecule is CCC(=O)N1CCC(NC(=NC)NCCc2ccc(S(N)(=O)=O)cc2)C1.